The molecule has 0 radical (unpaired) electrons. The highest BCUT2D eigenvalue weighted by atomic mass is 16.2. The number of hydrogen-bond acceptors (Lipinski definition) is 1. The van der Waals surface area contributed by atoms with Crippen molar-refractivity contribution in [3.8, 4) is 0 Å². The number of carbonyl (C=O) groups excluding carboxylic acids is 1. The molecule has 3 heteroatoms. The van der Waals surface area contributed by atoms with Crippen LogP contribution in [0.4, 0.5) is 4.79 Å². The number of hydrogen-bond donors (Lipinski definition) is 1. The van der Waals surface area contributed by atoms with E-state index in [0.29, 0.717) is 6.04 Å². The van der Waals surface area contributed by atoms with Crippen LogP contribution in [0.25, 0.3) is 0 Å². The fraction of sp³-hybridized carbons (Fsp3) is 0.889. The number of nitrogens with one attached hydrogen (secondary N) is 1. The van der Waals surface area contributed by atoms with Crippen LogP contribution in [0.1, 0.15) is 33.1 Å². The maximum Gasteiger partial charge on any atom is 0.318 e. The first-order valence-electron chi connectivity index (χ1n) is 4.72. The van der Waals surface area contributed by atoms with Crippen molar-refractivity contribution in [2.45, 2.75) is 44.7 Å². The molecule has 1 aliphatic heterocycles. The normalized spacial score (nSPS) is 26.2. The first-order valence-corrected chi connectivity index (χ1v) is 4.72. The summed E-state index contributed by atoms with van der Waals surface area (Å²) in [5.74, 6) is 0. The summed E-state index contributed by atoms with van der Waals surface area (Å²) in [5, 5.41) is 3.09. The molecule has 0 aromatic carbocycles. The molecule has 2 amide bonds. The summed E-state index contributed by atoms with van der Waals surface area (Å²) in [4.78, 5) is 13.4. The molecular formula is C9H16N2O. The average Bonchev–Trinajstić information content (AvgIpc) is 2.68. The van der Waals surface area contributed by atoms with Gasteiger partial charge in [-0.1, -0.05) is 0 Å². The molecule has 1 heterocycles. The van der Waals surface area contributed by atoms with Crippen LogP contribution in [0.3, 0.4) is 0 Å². The summed E-state index contributed by atoms with van der Waals surface area (Å²) in [6, 6.07) is 0.467. The lowest BCUT2D eigenvalue weighted by molar-refractivity contribution is 0.154. The third-order valence-corrected chi connectivity index (χ3v) is 2.94. The van der Waals surface area contributed by atoms with E-state index in [1.807, 2.05) is 4.90 Å². The Morgan fingerprint density at radius 2 is 2.08 bits per heavy atom. The van der Waals surface area contributed by atoms with Gasteiger partial charge in [0, 0.05) is 18.1 Å². The molecule has 1 saturated carbocycles. The highest BCUT2D eigenvalue weighted by molar-refractivity contribution is 5.76. The largest absolute Gasteiger partial charge is 0.332 e. The minimum absolute atomic E-state index is 0.133. The van der Waals surface area contributed by atoms with Gasteiger partial charge in [0.2, 0.25) is 0 Å². The summed E-state index contributed by atoms with van der Waals surface area (Å²) < 4.78 is 0. The zero-order valence-electron chi connectivity index (χ0n) is 7.76. The van der Waals surface area contributed by atoms with Gasteiger partial charge in [-0.3, -0.25) is 0 Å². The van der Waals surface area contributed by atoms with E-state index >= 15 is 0 Å². The van der Waals surface area contributed by atoms with E-state index in [9.17, 15) is 4.79 Å². The molecule has 3 nitrogen and oxygen atoms in total. The summed E-state index contributed by atoms with van der Waals surface area (Å²) in [6.45, 7) is 5.05. The van der Waals surface area contributed by atoms with Gasteiger partial charge in [-0.05, 0) is 33.1 Å². The zero-order valence-corrected chi connectivity index (χ0v) is 7.76. The van der Waals surface area contributed by atoms with Gasteiger partial charge in [0.15, 0.2) is 0 Å². The van der Waals surface area contributed by atoms with Gasteiger partial charge in [0.25, 0.3) is 0 Å². The number of rotatable bonds is 1. The minimum atomic E-state index is 0.133. The fourth-order valence-electron chi connectivity index (χ4n) is 1.82. The summed E-state index contributed by atoms with van der Waals surface area (Å²) in [6.07, 6.45) is 3.51. The third kappa shape index (κ3) is 1.17. The first kappa shape index (κ1) is 7.90. The van der Waals surface area contributed by atoms with Gasteiger partial charge in [-0.15, -0.1) is 0 Å². The van der Waals surface area contributed by atoms with Crippen LogP contribution in [-0.2, 0) is 0 Å². The Morgan fingerprint density at radius 3 is 2.50 bits per heavy atom. The Kier molecular flexibility index (Phi) is 1.56. The number of carbonyl (C=O) groups is 1. The summed E-state index contributed by atoms with van der Waals surface area (Å²) in [5.41, 5.74) is 0.225. The van der Waals surface area contributed by atoms with Gasteiger partial charge < -0.3 is 10.2 Å². The molecule has 0 bridgehead atoms. The molecule has 68 valence electrons. The molecule has 1 N–H and O–H groups in total. The predicted octanol–water partition coefficient (Wildman–Crippen LogP) is 1.34. The van der Waals surface area contributed by atoms with E-state index in [4.69, 9.17) is 0 Å². The van der Waals surface area contributed by atoms with E-state index in [0.717, 1.165) is 13.0 Å². The molecule has 12 heavy (non-hydrogen) atoms. The second-order valence-corrected chi connectivity index (χ2v) is 4.25. The van der Waals surface area contributed by atoms with Crippen LogP contribution in [0.5, 0.6) is 0 Å². The quantitative estimate of drug-likeness (QED) is 0.629. The van der Waals surface area contributed by atoms with Crippen LogP contribution in [0.15, 0.2) is 0 Å². The van der Waals surface area contributed by atoms with Crippen molar-refractivity contribution in [2.75, 3.05) is 6.54 Å². The molecule has 2 rings (SSSR count). The van der Waals surface area contributed by atoms with Crippen molar-refractivity contribution in [1.29, 1.82) is 0 Å². The molecule has 0 aromatic rings. The van der Waals surface area contributed by atoms with Crippen LogP contribution in [0.2, 0.25) is 0 Å². The Bertz CT molecular complexity index is 209. The van der Waals surface area contributed by atoms with Gasteiger partial charge in [-0.25, -0.2) is 4.79 Å². The van der Waals surface area contributed by atoms with E-state index in [2.05, 4.69) is 19.2 Å². The summed E-state index contributed by atoms with van der Waals surface area (Å²) >= 11 is 0. The van der Waals surface area contributed by atoms with Gasteiger partial charge >= 0.3 is 6.03 Å². The van der Waals surface area contributed by atoms with Gasteiger partial charge in [0.05, 0.1) is 0 Å². The standard InChI is InChI=1S/C9H16N2O/c1-7(2)11-6-5-9(3-4-9)10-8(11)12/h7H,3-6H2,1-2H3,(H,10,12). The smallest absolute Gasteiger partial charge is 0.318 e. The SMILES string of the molecule is CC(C)N1CCC2(CC2)NC1=O. The van der Waals surface area contributed by atoms with Crippen molar-refractivity contribution in [3.05, 3.63) is 0 Å². The van der Waals surface area contributed by atoms with Crippen molar-refractivity contribution < 1.29 is 4.79 Å². The van der Waals surface area contributed by atoms with Crippen molar-refractivity contribution >= 4 is 6.03 Å². The third-order valence-electron chi connectivity index (χ3n) is 2.94. The first-order chi connectivity index (χ1) is 5.63. The molecule has 0 unspecified atom stereocenters. The lowest BCUT2D eigenvalue weighted by Crippen LogP contribution is -2.55. The number of urea groups is 1. The van der Waals surface area contributed by atoms with Gasteiger partial charge in [-0.2, -0.15) is 0 Å². The molecule has 1 spiro atoms. The Balaban J connectivity index is 2.00. The Hall–Kier alpha value is -0.730. The Morgan fingerprint density at radius 1 is 1.42 bits per heavy atom. The van der Waals surface area contributed by atoms with Crippen molar-refractivity contribution in [1.82, 2.24) is 10.2 Å². The molecule has 1 aliphatic carbocycles. The molecule has 0 atom stereocenters. The number of nitrogens with zero attached hydrogens (tertiary/aromatic N) is 1. The molecule has 0 aromatic heterocycles. The van der Waals surface area contributed by atoms with Crippen LogP contribution >= 0.6 is 0 Å². The van der Waals surface area contributed by atoms with Crippen LogP contribution in [0, 0.1) is 0 Å². The lowest BCUT2D eigenvalue weighted by atomic mass is 10.1. The number of amides is 2. The minimum Gasteiger partial charge on any atom is -0.332 e. The monoisotopic (exact) mass is 168 g/mol. The zero-order chi connectivity index (χ0) is 8.77. The second kappa shape index (κ2) is 2.38. The Labute approximate surface area is 73.1 Å². The average molecular weight is 168 g/mol. The van der Waals surface area contributed by atoms with E-state index in [-0.39, 0.29) is 11.6 Å². The molecule has 1 saturated heterocycles. The fourth-order valence-corrected chi connectivity index (χ4v) is 1.82. The predicted molar refractivity (Wildman–Crippen MR) is 47.0 cm³/mol. The molecular weight excluding hydrogens is 152 g/mol. The lowest BCUT2D eigenvalue weighted by Gasteiger charge is -2.35. The maximum atomic E-state index is 11.5. The van der Waals surface area contributed by atoms with Crippen molar-refractivity contribution in [2.24, 2.45) is 0 Å². The highest BCUT2D eigenvalue weighted by Gasteiger charge is 2.47. The molecule has 2 fully saturated rings. The van der Waals surface area contributed by atoms with Crippen LogP contribution in [-0.4, -0.2) is 29.1 Å². The van der Waals surface area contributed by atoms with E-state index in [1.54, 1.807) is 0 Å². The molecule has 2 aliphatic rings. The van der Waals surface area contributed by atoms with Gasteiger partial charge in [0.1, 0.15) is 0 Å². The second-order valence-electron chi connectivity index (χ2n) is 4.25. The topological polar surface area (TPSA) is 32.3 Å². The van der Waals surface area contributed by atoms with Crippen molar-refractivity contribution in [3.63, 3.8) is 0 Å². The van der Waals surface area contributed by atoms with E-state index in [1.165, 1.54) is 12.8 Å². The van der Waals surface area contributed by atoms with E-state index < -0.39 is 0 Å². The highest BCUT2D eigenvalue weighted by Crippen LogP contribution is 2.40. The summed E-state index contributed by atoms with van der Waals surface area (Å²) in [7, 11) is 0. The maximum absolute atomic E-state index is 11.5. The van der Waals surface area contributed by atoms with Crippen LogP contribution < -0.4 is 5.32 Å².